The van der Waals surface area contributed by atoms with Gasteiger partial charge in [0.05, 0.1) is 6.10 Å². The number of aliphatic hydroxyl groups is 1. The van der Waals surface area contributed by atoms with Crippen molar-refractivity contribution in [3.63, 3.8) is 0 Å². The zero-order chi connectivity index (χ0) is 14.6. The van der Waals surface area contributed by atoms with Crippen LogP contribution in [-0.2, 0) is 9.59 Å². The fourth-order valence-corrected chi connectivity index (χ4v) is 1.71. The van der Waals surface area contributed by atoms with Crippen molar-refractivity contribution in [3.8, 4) is 0 Å². The van der Waals surface area contributed by atoms with E-state index in [4.69, 9.17) is 0 Å². The van der Waals surface area contributed by atoms with E-state index < -0.39 is 29.5 Å². The van der Waals surface area contributed by atoms with E-state index in [0.717, 1.165) is 4.90 Å². The molecule has 19 heavy (non-hydrogen) atoms. The Bertz CT molecular complexity index is 385. The van der Waals surface area contributed by atoms with Crippen molar-refractivity contribution in [1.82, 2.24) is 15.5 Å². The average molecular weight is 271 g/mol. The van der Waals surface area contributed by atoms with E-state index in [-0.39, 0.29) is 13.1 Å². The topological polar surface area (TPSA) is 98.7 Å². The van der Waals surface area contributed by atoms with Gasteiger partial charge in [0.15, 0.2) is 0 Å². The summed E-state index contributed by atoms with van der Waals surface area (Å²) >= 11 is 0. The Labute approximate surface area is 112 Å². The van der Waals surface area contributed by atoms with Crippen molar-refractivity contribution in [2.24, 2.45) is 0 Å². The number of carbonyl (C=O) groups excluding carboxylic acids is 3. The van der Waals surface area contributed by atoms with E-state index >= 15 is 0 Å². The van der Waals surface area contributed by atoms with Crippen LogP contribution in [0, 0.1) is 0 Å². The Hall–Kier alpha value is -1.63. The highest BCUT2D eigenvalue weighted by Crippen LogP contribution is 2.20. The Kier molecular flexibility index (Phi) is 4.88. The highest BCUT2D eigenvalue weighted by molar-refractivity contribution is 6.08. The molecule has 1 rings (SSSR count). The minimum Gasteiger partial charge on any atom is -0.391 e. The molecule has 108 valence electrons. The van der Waals surface area contributed by atoms with Crippen LogP contribution in [0.25, 0.3) is 0 Å². The summed E-state index contributed by atoms with van der Waals surface area (Å²) in [7, 11) is 0. The number of aliphatic hydroxyl groups excluding tert-OH is 1. The first kappa shape index (κ1) is 15.4. The van der Waals surface area contributed by atoms with E-state index in [1.54, 1.807) is 20.8 Å². The maximum absolute atomic E-state index is 12.0. The lowest BCUT2D eigenvalue weighted by atomic mass is 9.99. The number of hydrogen-bond acceptors (Lipinski definition) is 4. The molecule has 0 bridgehead atoms. The Morgan fingerprint density at radius 1 is 1.47 bits per heavy atom. The average Bonchev–Trinajstić information content (AvgIpc) is 2.60. The van der Waals surface area contributed by atoms with Crippen LogP contribution >= 0.6 is 0 Å². The van der Waals surface area contributed by atoms with Crippen molar-refractivity contribution in [3.05, 3.63) is 0 Å². The molecule has 1 aliphatic heterocycles. The van der Waals surface area contributed by atoms with Gasteiger partial charge >= 0.3 is 6.03 Å². The molecule has 0 spiro atoms. The number of nitrogens with zero attached hydrogens (tertiary/aromatic N) is 1. The molecular weight excluding hydrogens is 250 g/mol. The highest BCUT2D eigenvalue weighted by Gasteiger charge is 2.46. The van der Waals surface area contributed by atoms with Crippen molar-refractivity contribution in [1.29, 1.82) is 0 Å². The van der Waals surface area contributed by atoms with Crippen molar-refractivity contribution < 1.29 is 19.5 Å². The monoisotopic (exact) mass is 271 g/mol. The van der Waals surface area contributed by atoms with E-state index in [2.05, 4.69) is 10.6 Å². The molecule has 1 heterocycles. The van der Waals surface area contributed by atoms with Gasteiger partial charge in [0.2, 0.25) is 5.91 Å². The first-order chi connectivity index (χ1) is 8.84. The number of nitrogens with one attached hydrogen (secondary N) is 2. The van der Waals surface area contributed by atoms with Crippen molar-refractivity contribution in [2.75, 3.05) is 13.1 Å². The van der Waals surface area contributed by atoms with Gasteiger partial charge in [0, 0.05) is 6.54 Å². The summed E-state index contributed by atoms with van der Waals surface area (Å²) in [5, 5.41) is 14.4. The number of imide groups is 1. The second kappa shape index (κ2) is 6.01. The lowest BCUT2D eigenvalue weighted by Crippen LogP contribution is -2.45. The van der Waals surface area contributed by atoms with E-state index in [1.807, 2.05) is 0 Å². The smallest absolute Gasteiger partial charge is 0.325 e. The Morgan fingerprint density at radius 2 is 2.11 bits per heavy atom. The van der Waals surface area contributed by atoms with E-state index in [0.29, 0.717) is 12.8 Å². The highest BCUT2D eigenvalue weighted by atomic mass is 16.3. The van der Waals surface area contributed by atoms with Crippen LogP contribution in [0.3, 0.4) is 0 Å². The summed E-state index contributed by atoms with van der Waals surface area (Å²) in [6.45, 7) is 5.01. The minimum atomic E-state index is -0.930. The number of urea groups is 1. The molecule has 1 saturated heterocycles. The summed E-state index contributed by atoms with van der Waals surface area (Å²) in [4.78, 5) is 36.2. The first-order valence-electron chi connectivity index (χ1n) is 6.43. The lowest BCUT2D eigenvalue weighted by Gasteiger charge is -2.19. The largest absolute Gasteiger partial charge is 0.391 e. The Morgan fingerprint density at radius 3 is 2.58 bits per heavy atom. The van der Waals surface area contributed by atoms with Crippen LogP contribution < -0.4 is 10.6 Å². The van der Waals surface area contributed by atoms with Gasteiger partial charge in [-0.25, -0.2) is 4.79 Å². The van der Waals surface area contributed by atoms with Gasteiger partial charge in [0.1, 0.15) is 12.1 Å². The second-order valence-electron chi connectivity index (χ2n) is 4.87. The molecule has 1 fully saturated rings. The molecule has 0 radical (unpaired) electrons. The predicted molar refractivity (Wildman–Crippen MR) is 68.2 cm³/mol. The fourth-order valence-electron chi connectivity index (χ4n) is 1.71. The van der Waals surface area contributed by atoms with Gasteiger partial charge in [-0.05, 0) is 19.8 Å². The number of carbonyl (C=O) groups is 3. The quantitative estimate of drug-likeness (QED) is 0.572. The summed E-state index contributed by atoms with van der Waals surface area (Å²) in [6.07, 6.45) is 0.370. The zero-order valence-corrected chi connectivity index (χ0v) is 11.5. The molecule has 7 nitrogen and oxygen atoms in total. The third-order valence-corrected chi connectivity index (χ3v) is 3.36. The van der Waals surface area contributed by atoms with Crippen LogP contribution in [0.1, 0.15) is 33.6 Å². The molecule has 0 aromatic carbocycles. The summed E-state index contributed by atoms with van der Waals surface area (Å²) < 4.78 is 0. The zero-order valence-electron chi connectivity index (χ0n) is 11.5. The summed E-state index contributed by atoms with van der Waals surface area (Å²) in [6, 6.07) is -0.555. The minimum absolute atomic E-state index is 0.115. The van der Waals surface area contributed by atoms with Gasteiger partial charge in [-0.1, -0.05) is 13.8 Å². The van der Waals surface area contributed by atoms with E-state index in [9.17, 15) is 19.5 Å². The molecule has 4 amide bonds. The van der Waals surface area contributed by atoms with Crippen LogP contribution in [0.2, 0.25) is 0 Å². The fraction of sp³-hybridized carbons (Fsp3) is 0.750. The van der Waals surface area contributed by atoms with Crippen molar-refractivity contribution >= 4 is 17.8 Å². The molecule has 3 N–H and O–H groups in total. The molecule has 7 heteroatoms. The second-order valence-corrected chi connectivity index (χ2v) is 4.87. The third kappa shape index (κ3) is 3.44. The normalized spacial score (nSPS) is 24.3. The standard InChI is InChI=1S/C12H21N3O4/c1-4-8(16)6-13-9(17)7-15-10(18)12(3,5-2)14-11(15)19/h8,16H,4-7H2,1-3H3,(H,13,17)(H,14,19). The molecule has 0 aromatic heterocycles. The van der Waals surface area contributed by atoms with Crippen LogP contribution in [0.15, 0.2) is 0 Å². The number of rotatable bonds is 6. The lowest BCUT2D eigenvalue weighted by molar-refractivity contribution is -0.134. The molecule has 2 atom stereocenters. The van der Waals surface area contributed by atoms with Crippen LogP contribution in [0.4, 0.5) is 4.79 Å². The third-order valence-electron chi connectivity index (χ3n) is 3.36. The number of amides is 4. The van der Waals surface area contributed by atoms with Gasteiger partial charge < -0.3 is 15.7 Å². The van der Waals surface area contributed by atoms with E-state index in [1.165, 1.54) is 0 Å². The Balaban J connectivity index is 2.55. The predicted octanol–water partition coefficient (Wildman–Crippen LogP) is -0.406. The summed E-state index contributed by atoms with van der Waals surface area (Å²) in [5.74, 6) is -0.859. The molecule has 2 unspecified atom stereocenters. The van der Waals surface area contributed by atoms with Gasteiger partial charge in [0.25, 0.3) is 5.91 Å². The molecule has 0 aromatic rings. The van der Waals surface area contributed by atoms with Crippen LogP contribution in [-0.4, -0.2) is 52.6 Å². The van der Waals surface area contributed by atoms with Crippen LogP contribution in [0.5, 0.6) is 0 Å². The van der Waals surface area contributed by atoms with Gasteiger partial charge in [-0.2, -0.15) is 0 Å². The van der Waals surface area contributed by atoms with Crippen molar-refractivity contribution in [2.45, 2.75) is 45.3 Å². The van der Waals surface area contributed by atoms with Gasteiger partial charge in [-0.3, -0.25) is 14.5 Å². The molecule has 0 aliphatic carbocycles. The molecule has 1 aliphatic rings. The number of hydrogen-bond donors (Lipinski definition) is 3. The maximum atomic E-state index is 12.0. The first-order valence-corrected chi connectivity index (χ1v) is 6.43. The summed E-state index contributed by atoms with van der Waals surface area (Å²) in [5.41, 5.74) is -0.930. The van der Waals surface area contributed by atoms with Gasteiger partial charge in [-0.15, -0.1) is 0 Å². The molecular formula is C12H21N3O4. The maximum Gasteiger partial charge on any atom is 0.325 e. The SMILES string of the molecule is CCC(O)CNC(=O)CN1C(=O)NC(C)(CC)C1=O. The molecule has 0 saturated carbocycles.